The predicted octanol–water partition coefficient (Wildman–Crippen LogP) is 7.66. The van der Waals surface area contributed by atoms with Gasteiger partial charge in [-0.2, -0.15) is 0 Å². The fourth-order valence-corrected chi connectivity index (χ4v) is 7.16. The number of allylic oxidation sites excluding steroid dienone is 2. The highest BCUT2D eigenvalue weighted by Gasteiger charge is 2.47. The maximum atomic E-state index is 10.1. The molecule has 2 heterocycles. The summed E-state index contributed by atoms with van der Waals surface area (Å²) in [6.07, 6.45) is 4.66. The summed E-state index contributed by atoms with van der Waals surface area (Å²) in [5.41, 5.74) is 7.85. The van der Waals surface area contributed by atoms with E-state index in [1.54, 1.807) is 46.9 Å². The average Bonchev–Trinajstić information content (AvgIpc) is 3.56. The van der Waals surface area contributed by atoms with E-state index in [2.05, 4.69) is 47.2 Å². The van der Waals surface area contributed by atoms with Crippen molar-refractivity contribution in [2.24, 2.45) is 0 Å². The summed E-state index contributed by atoms with van der Waals surface area (Å²) >= 11 is 3.52. The third-order valence-electron chi connectivity index (χ3n) is 6.88. The molecule has 0 radical (unpaired) electrons. The molecule has 33 heavy (non-hydrogen) atoms. The molecule has 0 amide bonds. The Labute approximate surface area is 199 Å². The number of hydrogen-bond acceptors (Lipinski definition) is 4. The smallest absolute Gasteiger partial charge is 0.115 e. The van der Waals surface area contributed by atoms with E-state index in [0.29, 0.717) is 0 Å². The monoisotopic (exact) mass is 462 g/mol. The number of benzene rings is 3. The van der Waals surface area contributed by atoms with Gasteiger partial charge in [-0.25, -0.2) is 0 Å². The Morgan fingerprint density at radius 2 is 1.33 bits per heavy atom. The molecule has 2 aliphatic rings. The van der Waals surface area contributed by atoms with E-state index in [1.165, 1.54) is 42.8 Å². The topological polar surface area (TPSA) is 40.5 Å². The summed E-state index contributed by atoms with van der Waals surface area (Å²) in [7, 11) is 0. The van der Waals surface area contributed by atoms with Crippen LogP contribution in [0.3, 0.4) is 0 Å². The maximum absolute atomic E-state index is 10.1. The number of aromatic hydroxyl groups is 2. The van der Waals surface area contributed by atoms with E-state index in [-0.39, 0.29) is 11.5 Å². The number of phenolic OH excluding ortho intramolecular Hbond substituents is 2. The number of rotatable bonds is 2. The maximum Gasteiger partial charge on any atom is 0.115 e. The average molecular weight is 463 g/mol. The Kier molecular flexibility index (Phi) is 3.84. The SMILES string of the molecule is Oc1ccc(C2(c3ccc(O)cc3)C3=Cc4cc5sccc5cc4C3=Cc3sccc32)cc1. The lowest BCUT2D eigenvalue weighted by Crippen LogP contribution is -2.33. The van der Waals surface area contributed by atoms with Crippen molar-refractivity contribution in [3.8, 4) is 11.5 Å². The van der Waals surface area contributed by atoms with Gasteiger partial charge in [0.2, 0.25) is 0 Å². The molecule has 158 valence electrons. The fraction of sp³-hybridized carbons (Fsp3) is 0.0345. The second kappa shape index (κ2) is 6.70. The van der Waals surface area contributed by atoms with Gasteiger partial charge in [0, 0.05) is 9.58 Å². The van der Waals surface area contributed by atoms with Crippen LogP contribution in [-0.2, 0) is 5.41 Å². The first-order valence-electron chi connectivity index (χ1n) is 10.8. The van der Waals surface area contributed by atoms with Crippen LogP contribution in [0.5, 0.6) is 11.5 Å². The highest BCUT2D eigenvalue weighted by Crippen LogP contribution is 2.59. The van der Waals surface area contributed by atoms with Crippen molar-refractivity contribution in [1.82, 2.24) is 0 Å². The third-order valence-corrected chi connectivity index (χ3v) is 8.63. The van der Waals surface area contributed by atoms with Gasteiger partial charge in [0.05, 0.1) is 5.41 Å². The lowest BCUT2D eigenvalue weighted by molar-refractivity contribution is 0.474. The molecule has 5 aromatic rings. The molecule has 0 saturated carbocycles. The number of fused-ring (bicyclic) bond motifs is 5. The van der Waals surface area contributed by atoms with E-state index in [0.717, 1.165) is 11.1 Å². The summed E-state index contributed by atoms with van der Waals surface area (Å²) < 4.78 is 1.29. The molecular formula is C29H18O2S2. The minimum atomic E-state index is -0.548. The van der Waals surface area contributed by atoms with Crippen LogP contribution in [0.15, 0.2) is 89.1 Å². The van der Waals surface area contributed by atoms with Crippen LogP contribution in [-0.4, -0.2) is 10.2 Å². The van der Waals surface area contributed by atoms with Crippen LogP contribution >= 0.6 is 22.7 Å². The molecular weight excluding hydrogens is 444 g/mol. The lowest BCUT2D eigenvalue weighted by Gasteiger charge is -2.40. The molecule has 7 rings (SSSR count). The second-order valence-corrected chi connectivity index (χ2v) is 10.5. The zero-order valence-electron chi connectivity index (χ0n) is 17.4. The lowest BCUT2D eigenvalue weighted by atomic mass is 9.61. The van der Waals surface area contributed by atoms with Crippen molar-refractivity contribution >= 4 is 50.5 Å². The van der Waals surface area contributed by atoms with E-state index in [9.17, 15) is 10.2 Å². The van der Waals surface area contributed by atoms with E-state index in [1.807, 2.05) is 24.3 Å². The van der Waals surface area contributed by atoms with Crippen LogP contribution in [0.25, 0.3) is 27.8 Å². The van der Waals surface area contributed by atoms with E-state index >= 15 is 0 Å². The summed E-state index contributed by atoms with van der Waals surface area (Å²) in [6, 6.07) is 24.2. The second-order valence-electron chi connectivity index (χ2n) is 8.56. The van der Waals surface area contributed by atoms with Gasteiger partial charge < -0.3 is 10.2 Å². The van der Waals surface area contributed by atoms with Crippen LogP contribution in [0.4, 0.5) is 0 Å². The first-order valence-corrected chi connectivity index (χ1v) is 12.5. The van der Waals surface area contributed by atoms with E-state index < -0.39 is 5.41 Å². The van der Waals surface area contributed by atoms with Crippen LogP contribution in [0.2, 0.25) is 0 Å². The van der Waals surface area contributed by atoms with Gasteiger partial charge in [-0.05, 0) is 116 Å². The Balaban J connectivity index is 1.61. The Bertz CT molecular complexity index is 1570. The summed E-state index contributed by atoms with van der Waals surface area (Å²) in [5, 5.41) is 25.7. The first-order chi connectivity index (χ1) is 16.1. The van der Waals surface area contributed by atoms with Crippen LogP contribution in [0.1, 0.15) is 32.7 Å². The van der Waals surface area contributed by atoms with Gasteiger partial charge in [-0.3, -0.25) is 0 Å². The number of thiophene rings is 2. The van der Waals surface area contributed by atoms with Crippen LogP contribution in [0, 0.1) is 0 Å². The molecule has 0 spiro atoms. The van der Waals surface area contributed by atoms with E-state index in [4.69, 9.17) is 0 Å². The summed E-state index contributed by atoms with van der Waals surface area (Å²) in [5.74, 6) is 0.501. The van der Waals surface area contributed by atoms with Crippen LogP contribution < -0.4 is 0 Å². The third kappa shape index (κ3) is 2.53. The quantitative estimate of drug-likeness (QED) is 0.283. The Morgan fingerprint density at radius 3 is 2.03 bits per heavy atom. The molecule has 2 aromatic heterocycles. The standard InChI is InChI=1S/C29H18O2S2/c30-21-5-1-19(2-6-21)29(20-3-7-22(31)8-4-20)25-10-12-33-28(25)16-24-23-13-17-9-11-32-27(17)15-18(23)14-26(24)29/h1-16,30-31H. The van der Waals surface area contributed by atoms with Gasteiger partial charge in [0.25, 0.3) is 0 Å². The first kappa shape index (κ1) is 18.9. The van der Waals surface area contributed by atoms with Crippen molar-refractivity contribution in [2.45, 2.75) is 5.41 Å². The van der Waals surface area contributed by atoms with Gasteiger partial charge in [0.1, 0.15) is 11.5 Å². The molecule has 2 N–H and O–H groups in total. The fourth-order valence-electron chi connectivity index (χ4n) is 5.45. The molecule has 0 atom stereocenters. The van der Waals surface area contributed by atoms with Gasteiger partial charge in [-0.1, -0.05) is 24.3 Å². The van der Waals surface area contributed by atoms with Gasteiger partial charge in [0.15, 0.2) is 0 Å². The molecule has 3 aromatic carbocycles. The normalized spacial score (nSPS) is 15.5. The van der Waals surface area contributed by atoms with Crippen molar-refractivity contribution < 1.29 is 10.2 Å². The number of hydrogen-bond donors (Lipinski definition) is 2. The highest BCUT2D eigenvalue weighted by atomic mass is 32.1. The summed E-state index contributed by atoms with van der Waals surface area (Å²) in [6.45, 7) is 0. The zero-order valence-corrected chi connectivity index (χ0v) is 19.1. The molecule has 0 aliphatic heterocycles. The molecule has 0 fully saturated rings. The minimum absolute atomic E-state index is 0.251. The van der Waals surface area contributed by atoms with Gasteiger partial charge in [-0.15, -0.1) is 22.7 Å². The minimum Gasteiger partial charge on any atom is -0.508 e. The highest BCUT2D eigenvalue weighted by molar-refractivity contribution is 7.17. The van der Waals surface area contributed by atoms with Crippen molar-refractivity contribution in [1.29, 1.82) is 0 Å². The van der Waals surface area contributed by atoms with Crippen molar-refractivity contribution in [2.75, 3.05) is 0 Å². The van der Waals surface area contributed by atoms with Gasteiger partial charge >= 0.3 is 0 Å². The molecule has 2 nitrogen and oxygen atoms in total. The molecule has 0 bridgehead atoms. The van der Waals surface area contributed by atoms with Crippen molar-refractivity contribution in [3.63, 3.8) is 0 Å². The summed E-state index contributed by atoms with van der Waals surface area (Å²) in [4.78, 5) is 1.24. The molecule has 0 unspecified atom stereocenters. The Morgan fingerprint density at radius 1 is 0.667 bits per heavy atom. The number of phenols is 2. The zero-order chi connectivity index (χ0) is 22.2. The Hall–Kier alpha value is -3.60. The molecule has 2 aliphatic carbocycles. The molecule has 0 saturated heterocycles. The molecule has 4 heteroatoms. The largest absolute Gasteiger partial charge is 0.508 e. The predicted molar refractivity (Wildman–Crippen MR) is 138 cm³/mol. The van der Waals surface area contributed by atoms with Crippen molar-refractivity contribution in [3.05, 3.63) is 122 Å².